The van der Waals surface area contributed by atoms with Gasteiger partial charge in [-0.25, -0.2) is 4.79 Å². The Bertz CT molecular complexity index is 620. The van der Waals surface area contributed by atoms with Gasteiger partial charge in [0.2, 0.25) is 5.91 Å². The fourth-order valence-corrected chi connectivity index (χ4v) is 2.34. The monoisotopic (exact) mass is 302 g/mol. The topological polar surface area (TPSA) is 69.6 Å². The van der Waals surface area contributed by atoms with Crippen LogP contribution in [-0.4, -0.2) is 35.1 Å². The molecule has 1 aliphatic rings. The van der Waals surface area contributed by atoms with Crippen molar-refractivity contribution in [2.24, 2.45) is 5.92 Å². The molecule has 0 aromatic heterocycles. The van der Waals surface area contributed by atoms with Crippen LogP contribution in [0.2, 0.25) is 0 Å². The van der Waals surface area contributed by atoms with E-state index in [2.05, 4.69) is 5.32 Å². The van der Waals surface area contributed by atoms with Crippen molar-refractivity contribution < 1.29 is 14.7 Å². The summed E-state index contributed by atoms with van der Waals surface area (Å²) in [6.45, 7) is 6.59. The first-order chi connectivity index (χ1) is 10.4. The summed E-state index contributed by atoms with van der Waals surface area (Å²) in [7, 11) is 0. The van der Waals surface area contributed by atoms with Crippen LogP contribution < -0.4 is 5.32 Å². The lowest BCUT2D eigenvalue weighted by atomic mass is 9.97. The standard InChI is InChI=1S/C17H22N2O3/c1-11(2)16(20)18-15-10-14(5-4-12(15)3)13-6-8-19(9-7-13)17(21)22/h4-6,10-11H,7-9H2,1-3H3,(H,18,20)(H,21,22). The van der Waals surface area contributed by atoms with Crippen LogP contribution in [0, 0.1) is 12.8 Å². The minimum Gasteiger partial charge on any atom is -0.465 e. The van der Waals surface area contributed by atoms with Crippen LogP contribution in [0.1, 0.15) is 31.4 Å². The van der Waals surface area contributed by atoms with Gasteiger partial charge in [-0.2, -0.15) is 0 Å². The Morgan fingerprint density at radius 3 is 2.59 bits per heavy atom. The molecule has 22 heavy (non-hydrogen) atoms. The molecule has 0 unspecified atom stereocenters. The van der Waals surface area contributed by atoms with E-state index in [-0.39, 0.29) is 11.8 Å². The minimum absolute atomic E-state index is 0.00470. The minimum atomic E-state index is -0.885. The number of carbonyl (C=O) groups excluding carboxylic acids is 1. The molecule has 2 amide bonds. The highest BCUT2D eigenvalue weighted by atomic mass is 16.4. The van der Waals surface area contributed by atoms with Crippen molar-refractivity contribution >= 4 is 23.3 Å². The second kappa shape index (κ2) is 6.64. The number of benzene rings is 1. The summed E-state index contributed by atoms with van der Waals surface area (Å²) in [4.78, 5) is 24.2. The van der Waals surface area contributed by atoms with Gasteiger partial charge in [0.15, 0.2) is 0 Å². The van der Waals surface area contributed by atoms with E-state index in [0.29, 0.717) is 19.5 Å². The Kier molecular flexibility index (Phi) is 4.85. The van der Waals surface area contributed by atoms with E-state index in [9.17, 15) is 9.59 Å². The maximum Gasteiger partial charge on any atom is 0.407 e. The van der Waals surface area contributed by atoms with Gasteiger partial charge >= 0.3 is 6.09 Å². The van der Waals surface area contributed by atoms with Gasteiger partial charge in [0.25, 0.3) is 0 Å². The molecule has 0 bridgehead atoms. The molecule has 1 aromatic rings. The fourth-order valence-electron chi connectivity index (χ4n) is 2.34. The normalized spacial score (nSPS) is 14.7. The van der Waals surface area contributed by atoms with Crippen molar-refractivity contribution in [1.82, 2.24) is 4.90 Å². The molecule has 0 saturated carbocycles. The van der Waals surface area contributed by atoms with Gasteiger partial charge in [0.1, 0.15) is 0 Å². The summed E-state index contributed by atoms with van der Waals surface area (Å²) in [5, 5.41) is 11.9. The summed E-state index contributed by atoms with van der Waals surface area (Å²) < 4.78 is 0. The fraction of sp³-hybridized carbons (Fsp3) is 0.412. The molecule has 5 nitrogen and oxygen atoms in total. The van der Waals surface area contributed by atoms with E-state index in [0.717, 1.165) is 22.4 Å². The third kappa shape index (κ3) is 3.67. The maximum atomic E-state index is 11.9. The summed E-state index contributed by atoms with van der Waals surface area (Å²) in [6, 6.07) is 5.97. The van der Waals surface area contributed by atoms with Gasteiger partial charge in [-0.15, -0.1) is 0 Å². The molecule has 0 spiro atoms. The highest BCUT2D eigenvalue weighted by Gasteiger charge is 2.17. The molecule has 0 atom stereocenters. The number of nitrogens with one attached hydrogen (secondary N) is 1. The zero-order valence-corrected chi connectivity index (χ0v) is 13.2. The number of rotatable bonds is 3. The van der Waals surface area contributed by atoms with Crippen LogP contribution in [0.4, 0.5) is 10.5 Å². The van der Waals surface area contributed by atoms with Crippen molar-refractivity contribution in [3.05, 3.63) is 35.4 Å². The molecule has 0 saturated heterocycles. The van der Waals surface area contributed by atoms with Crippen molar-refractivity contribution in [2.75, 3.05) is 18.4 Å². The van der Waals surface area contributed by atoms with E-state index in [4.69, 9.17) is 5.11 Å². The zero-order valence-electron chi connectivity index (χ0n) is 13.2. The second-order valence-corrected chi connectivity index (χ2v) is 5.88. The van der Waals surface area contributed by atoms with Crippen molar-refractivity contribution in [2.45, 2.75) is 27.2 Å². The molecule has 2 N–H and O–H groups in total. The number of anilines is 1. The van der Waals surface area contributed by atoms with Crippen LogP contribution in [0.15, 0.2) is 24.3 Å². The van der Waals surface area contributed by atoms with Crippen LogP contribution in [0.3, 0.4) is 0 Å². The van der Waals surface area contributed by atoms with Gasteiger partial charge in [-0.3, -0.25) is 4.79 Å². The molecule has 1 aliphatic heterocycles. The van der Waals surface area contributed by atoms with Gasteiger partial charge in [0, 0.05) is 24.7 Å². The lowest BCUT2D eigenvalue weighted by Crippen LogP contribution is -2.33. The van der Waals surface area contributed by atoms with Crippen LogP contribution in [0.25, 0.3) is 5.57 Å². The van der Waals surface area contributed by atoms with Gasteiger partial charge < -0.3 is 15.3 Å². The average molecular weight is 302 g/mol. The molecule has 0 radical (unpaired) electrons. The van der Waals surface area contributed by atoms with E-state index in [1.807, 2.05) is 45.0 Å². The number of hydrogen-bond donors (Lipinski definition) is 2. The summed E-state index contributed by atoms with van der Waals surface area (Å²) >= 11 is 0. The number of amides is 2. The van der Waals surface area contributed by atoms with Crippen LogP contribution >= 0.6 is 0 Å². The summed E-state index contributed by atoms with van der Waals surface area (Å²) in [6.07, 6.45) is 1.74. The molecule has 118 valence electrons. The molecule has 2 rings (SSSR count). The average Bonchev–Trinajstić information content (AvgIpc) is 2.49. The lowest BCUT2D eigenvalue weighted by Gasteiger charge is -2.24. The molecule has 0 aliphatic carbocycles. The maximum absolute atomic E-state index is 11.9. The molecule has 0 fully saturated rings. The molecular formula is C17H22N2O3. The zero-order chi connectivity index (χ0) is 16.3. The largest absolute Gasteiger partial charge is 0.465 e. The summed E-state index contributed by atoms with van der Waals surface area (Å²) in [5.41, 5.74) is 3.99. The van der Waals surface area contributed by atoms with Gasteiger partial charge in [0.05, 0.1) is 0 Å². The highest BCUT2D eigenvalue weighted by molar-refractivity contribution is 5.93. The molecular weight excluding hydrogens is 280 g/mol. The van der Waals surface area contributed by atoms with Crippen molar-refractivity contribution in [3.8, 4) is 0 Å². The quantitative estimate of drug-likeness (QED) is 0.899. The first-order valence-corrected chi connectivity index (χ1v) is 7.47. The molecule has 1 heterocycles. The SMILES string of the molecule is Cc1ccc(C2=CCN(C(=O)O)CC2)cc1NC(=O)C(C)C. The van der Waals surface area contributed by atoms with Gasteiger partial charge in [-0.1, -0.05) is 32.1 Å². The number of carbonyl (C=O) groups is 2. The van der Waals surface area contributed by atoms with Crippen molar-refractivity contribution in [1.29, 1.82) is 0 Å². The predicted molar refractivity (Wildman–Crippen MR) is 86.8 cm³/mol. The molecule has 1 aromatic carbocycles. The van der Waals surface area contributed by atoms with E-state index in [1.54, 1.807) is 0 Å². The third-order valence-electron chi connectivity index (χ3n) is 3.87. The van der Waals surface area contributed by atoms with Crippen LogP contribution in [-0.2, 0) is 4.79 Å². The number of nitrogens with zero attached hydrogens (tertiary/aromatic N) is 1. The molecule has 5 heteroatoms. The summed E-state index contributed by atoms with van der Waals surface area (Å²) in [5.74, 6) is -0.0731. The Labute approximate surface area is 130 Å². The smallest absolute Gasteiger partial charge is 0.407 e. The van der Waals surface area contributed by atoms with E-state index in [1.165, 1.54) is 4.90 Å². The third-order valence-corrected chi connectivity index (χ3v) is 3.87. The Hall–Kier alpha value is -2.30. The number of carboxylic acid groups (broad SMARTS) is 1. The van der Waals surface area contributed by atoms with E-state index < -0.39 is 6.09 Å². The first-order valence-electron chi connectivity index (χ1n) is 7.47. The number of aryl methyl sites for hydroxylation is 1. The first kappa shape index (κ1) is 16.1. The Morgan fingerprint density at radius 2 is 2.05 bits per heavy atom. The van der Waals surface area contributed by atoms with Gasteiger partial charge in [-0.05, 0) is 36.1 Å². The van der Waals surface area contributed by atoms with E-state index >= 15 is 0 Å². The van der Waals surface area contributed by atoms with Crippen molar-refractivity contribution in [3.63, 3.8) is 0 Å². The second-order valence-electron chi connectivity index (χ2n) is 5.88. The lowest BCUT2D eigenvalue weighted by molar-refractivity contribution is -0.118. The Balaban J connectivity index is 2.19. The number of hydrogen-bond acceptors (Lipinski definition) is 2. The predicted octanol–water partition coefficient (Wildman–Crippen LogP) is 3.36. The van der Waals surface area contributed by atoms with Crippen LogP contribution in [0.5, 0.6) is 0 Å². The Morgan fingerprint density at radius 1 is 1.32 bits per heavy atom. The highest BCUT2D eigenvalue weighted by Crippen LogP contribution is 2.27.